The molecule has 0 unspecified atom stereocenters. The van der Waals surface area contributed by atoms with Crippen LogP contribution in [0.15, 0.2) is 24.3 Å². The van der Waals surface area contributed by atoms with Gasteiger partial charge in [0.15, 0.2) is 0 Å². The highest BCUT2D eigenvalue weighted by atomic mass is 19.4. The number of H-pyrrole nitrogens is 1. The molecule has 0 aliphatic heterocycles. The first kappa shape index (κ1) is 13.5. The quantitative estimate of drug-likeness (QED) is 0.847. The van der Waals surface area contributed by atoms with Gasteiger partial charge in [0.2, 0.25) is 6.10 Å². The second-order valence-corrected chi connectivity index (χ2v) is 4.24. The molecule has 1 aromatic carbocycles. The molecule has 1 N–H and O–H groups in total. The van der Waals surface area contributed by atoms with Gasteiger partial charge in [-0.2, -0.15) is 13.2 Å². The van der Waals surface area contributed by atoms with Crippen molar-refractivity contribution in [2.45, 2.75) is 26.1 Å². The van der Waals surface area contributed by atoms with Crippen LogP contribution in [-0.4, -0.2) is 17.1 Å². The molecule has 0 amide bonds. The summed E-state index contributed by atoms with van der Waals surface area (Å²) in [7, 11) is 0. The first-order valence-corrected chi connectivity index (χ1v) is 5.62. The molecule has 0 saturated carbocycles. The summed E-state index contributed by atoms with van der Waals surface area (Å²) in [5.74, 6) is -0.966. The number of esters is 1. The minimum atomic E-state index is -4.65. The first-order chi connectivity index (χ1) is 8.80. The molecule has 102 valence electrons. The van der Waals surface area contributed by atoms with Crippen LogP contribution in [-0.2, 0) is 9.53 Å². The lowest BCUT2D eigenvalue weighted by Gasteiger charge is -2.20. The normalized spacial score (nSPS) is 13.5. The van der Waals surface area contributed by atoms with Gasteiger partial charge in [-0.25, -0.2) is 0 Å². The van der Waals surface area contributed by atoms with E-state index in [9.17, 15) is 18.0 Å². The number of benzene rings is 1. The highest BCUT2D eigenvalue weighted by Crippen LogP contribution is 2.40. The van der Waals surface area contributed by atoms with Crippen molar-refractivity contribution in [2.75, 3.05) is 0 Å². The average Bonchev–Trinajstić information content (AvgIpc) is 2.60. The predicted molar refractivity (Wildman–Crippen MR) is 63.6 cm³/mol. The fourth-order valence-corrected chi connectivity index (χ4v) is 2.09. The predicted octanol–water partition coefficient (Wildman–Crippen LogP) is 3.64. The van der Waals surface area contributed by atoms with Gasteiger partial charge in [0.25, 0.3) is 0 Å². The van der Waals surface area contributed by atoms with Crippen LogP contribution in [0.1, 0.15) is 24.3 Å². The molecular weight excluding hydrogens is 259 g/mol. The number of para-hydroxylation sites is 1. The molecule has 2 aromatic rings. The lowest BCUT2D eigenvalue weighted by atomic mass is 10.0. The highest BCUT2D eigenvalue weighted by Gasteiger charge is 2.45. The molecule has 0 saturated heterocycles. The summed E-state index contributed by atoms with van der Waals surface area (Å²) in [5, 5.41) is 0.406. The van der Waals surface area contributed by atoms with Crippen molar-refractivity contribution in [3.8, 4) is 0 Å². The number of halogens is 3. The van der Waals surface area contributed by atoms with Crippen LogP contribution in [0.2, 0.25) is 0 Å². The Balaban J connectivity index is 2.62. The number of nitrogens with one attached hydrogen (secondary N) is 1. The Labute approximate surface area is 107 Å². The summed E-state index contributed by atoms with van der Waals surface area (Å²) in [6, 6.07) is 6.60. The van der Waals surface area contributed by atoms with Gasteiger partial charge >= 0.3 is 12.1 Å². The number of alkyl halides is 3. The SMILES string of the molecule is CC(=O)O[C@H](c1c(C)[nH]c2ccccc12)C(F)(F)F. The smallest absolute Gasteiger partial charge is 0.429 e. The number of aryl methyl sites for hydroxylation is 1. The van der Waals surface area contributed by atoms with Gasteiger partial charge in [0, 0.05) is 29.1 Å². The lowest BCUT2D eigenvalue weighted by molar-refractivity contribution is -0.222. The number of ether oxygens (including phenoxy) is 1. The van der Waals surface area contributed by atoms with E-state index in [4.69, 9.17) is 0 Å². The minimum absolute atomic E-state index is 0.0432. The number of carbonyl (C=O) groups excluding carboxylic acids is 1. The summed E-state index contributed by atoms with van der Waals surface area (Å²) in [5.41, 5.74) is 0.875. The second-order valence-electron chi connectivity index (χ2n) is 4.24. The zero-order valence-corrected chi connectivity index (χ0v) is 10.3. The van der Waals surface area contributed by atoms with Gasteiger partial charge in [0.05, 0.1) is 0 Å². The largest absolute Gasteiger partial charge is 0.448 e. The van der Waals surface area contributed by atoms with E-state index in [1.54, 1.807) is 24.3 Å². The molecule has 0 radical (unpaired) electrons. The van der Waals surface area contributed by atoms with Crippen LogP contribution in [0.25, 0.3) is 10.9 Å². The molecule has 0 aliphatic carbocycles. The third-order valence-electron chi connectivity index (χ3n) is 2.79. The Hall–Kier alpha value is -1.98. The van der Waals surface area contributed by atoms with E-state index in [1.807, 2.05) is 0 Å². The van der Waals surface area contributed by atoms with Crippen LogP contribution in [0, 0.1) is 6.92 Å². The van der Waals surface area contributed by atoms with Crippen LogP contribution in [0.3, 0.4) is 0 Å². The molecule has 0 fully saturated rings. The first-order valence-electron chi connectivity index (χ1n) is 5.62. The summed E-state index contributed by atoms with van der Waals surface area (Å²) in [4.78, 5) is 13.8. The fraction of sp³-hybridized carbons (Fsp3) is 0.308. The zero-order valence-electron chi connectivity index (χ0n) is 10.3. The minimum Gasteiger partial charge on any atom is -0.448 e. The van der Waals surface area contributed by atoms with E-state index in [0.717, 1.165) is 6.92 Å². The summed E-state index contributed by atoms with van der Waals surface area (Å²) < 4.78 is 43.6. The maximum absolute atomic E-state index is 13.1. The van der Waals surface area contributed by atoms with E-state index >= 15 is 0 Å². The van der Waals surface area contributed by atoms with Gasteiger partial charge in [-0.05, 0) is 13.0 Å². The van der Waals surface area contributed by atoms with Crippen molar-refractivity contribution >= 4 is 16.9 Å². The monoisotopic (exact) mass is 271 g/mol. The fourth-order valence-electron chi connectivity index (χ4n) is 2.09. The number of aromatic nitrogens is 1. The van der Waals surface area contributed by atoms with Crippen molar-refractivity contribution < 1.29 is 22.7 Å². The van der Waals surface area contributed by atoms with Crippen LogP contribution in [0.5, 0.6) is 0 Å². The van der Waals surface area contributed by atoms with Gasteiger partial charge in [-0.15, -0.1) is 0 Å². The topological polar surface area (TPSA) is 42.1 Å². The van der Waals surface area contributed by atoms with Crippen LogP contribution in [0.4, 0.5) is 13.2 Å². The number of hydrogen-bond acceptors (Lipinski definition) is 2. The second kappa shape index (κ2) is 4.60. The zero-order chi connectivity index (χ0) is 14.2. The lowest BCUT2D eigenvalue weighted by Crippen LogP contribution is -2.25. The van der Waals surface area contributed by atoms with Gasteiger partial charge in [-0.1, -0.05) is 18.2 Å². The maximum atomic E-state index is 13.1. The van der Waals surface area contributed by atoms with Gasteiger partial charge in [0.1, 0.15) is 0 Å². The Bertz CT molecular complexity index is 616. The maximum Gasteiger partial charge on any atom is 0.429 e. The Morgan fingerprint density at radius 1 is 1.32 bits per heavy atom. The molecule has 2 rings (SSSR count). The molecule has 6 heteroatoms. The number of fused-ring (bicyclic) bond motifs is 1. The number of carbonyl (C=O) groups is 1. The Morgan fingerprint density at radius 2 is 1.95 bits per heavy atom. The average molecular weight is 271 g/mol. The molecule has 0 bridgehead atoms. The summed E-state index contributed by atoms with van der Waals surface area (Å²) in [6.45, 7) is 2.49. The van der Waals surface area contributed by atoms with Gasteiger partial charge < -0.3 is 9.72 Å². The molecule has 3 nitrogen and oxygen atoms in total. The summed E-state index contributed by atoms with van der Waals surface area (Å²) >= 11 is 0. The van der Waals surface area contributed by atoms with Crippen molar-refractivity contribution in [3.05, 3.63) is 35.5 Å². The van der Waals surface area contributed by atoms with Crippen molar-refractivity contribution in [1.29, 1.82) is 0 Å². The summed E-state index contributed by atoms with van der Waals surface area (Å²) in [6.07, 6.45) is -6.90. The molecule has 1 aromatic heterocycles. The number of rotatable bonds is 2. The van der Waals surface area contributed by atoms with Crippen molar-refractivity contribution in [2.24, 2.45) is 0 Å². The molecule has 0 spiro atoms. The van der Waals surface area contributed by atoms with Crippen LogP contribution < -0.4 is 0 Å². The molecule has 0 aliphatic rings. The molecule has 1 atom stereocenters. The number of hydrogen-bond donors (Lipinski definition) is 1. The standard InChI is InChI=1S/C13H12F3NO2/c1-7-11(9-5-3-4-6-10(9)17-7)12(13(14,15)16)19-8(2)18/h3-6,12,17H,1-2H3/t12-/m1/s1. The van der Waals surface area contributed by atoms with E-state index < -0.39 is 18.2 Å². The van der Waals surface area contributed by atoms with Crippen molar-refractivity contribution in [1.82, 2.24) is 4.98 Å². The molecule has 1 heterocycles. The van der Waals surface area contributed by atoms with Crippen molar-refractivity contribution in [3.63, 3.8) is 0 Å². The molecule has 19 heavy (non-hydrogen) atoms. The van der Waals surface area contributed by atoms with E-state index in [-0.39, 0.29) is 5.56 Å². The number of aromatic amines is 1. The Morgan fingerprint density at radius 3 is 2.53 bits per heavy atom. The van der Waals surface area contributed by atoms with Crippen LogP contribution >= 0.6 is 0 Å². The van der Waals surface area contributed by atoms with E-state index in [2.05, 4.69) is 9.72 Å². The van der Waals surface area contributed by atoms with E-state index in [1.165, 1.54) is 6.92 Å². The van der Waals surface area contributed by atoms with E-state index in [0.29, 0.717) is 16.6 Å². The third kappa shape index (κ3) is 2.57. The molecular formula is C13H12F3NO2. The third-order valence-corrected chi connectivity index (χ3v) is 2.79. The Kier molecular flexibility index (Phi) is 3.26. The van der Waals surface area contributed by atoms with Gasteiger partial charge in [-0.3, -0.25) is 4.79 Å². The highest BCUT2D eigenvalue weighted by molar-refractivity contribution is 5.85.